The molecule has 0 aromatic heterocycles. The maximum atomic E-state index is 14.2. The van der Waals surface area contributed by atoms with Crippen LogP contribution in [0, 0.1) is 24.6 Å². The number of fused-ring (bicyclic) bond motifs is 1. The van der Waals surface area contributed by atoms with Crippen molar-refractivity contribution in [2.24, 2.45) is 11.8 Å². The van der Waals surface area contributed by atoms with E-state index in [-0.39, 0.29) is 22.8 Å². The van der Waals surface area contributed by atoms with Gasteiger partial charge in [-0.15, -0.1) is 0 Å². The number of benzene rings is 1. The average Bonchev–Trinajstić information content (AvgIpc) is 2.95. The second kappa shape index (κ2) is 4.55. The maximum Gasteiger partial charge on any atom is 0.257 e. The molecule has 1 amide bonds. The fourth-order valence-electron chi connectivity index (χ4n) is 3.72. The SMILES string of the molecule is Cc1cccc(C(=O)N2CC3CNCC3C2(C)C)c1F. The molecule has 3 rings (SSSR count). The molecule has 2 atom stereocenters. The van der Waals surface area contributed by atoms with Gasteiger partial charge in [0.1, 0.15) is 5.82 Å². The molecule has 0 spiro atoms. The third-order valence-electron chi connectivity index (χ3n) is 5.03. The van der Waals surface area contributed by atoms with E-state index in [2.05, 4.69) is 19.2 Å². The smallest absolute Gasteiger partial charge is 0.257 e. The number of amides is 1. The van der Waals surface area contributed by atoms with Crippen molar-refractivity contribution in [1.29, 1.82) is 0 Å². The lowest BCUT2D eigenvalue weighted by atomic mass is 9.84. The van der Waals surface area contributed by atoms with Gasteiger partial charge in [-0.3, -0.25) is 4.79 Å². The fraction of sp³-hybridized carbons (Fsp3) is 0.562. The molecule has 0 aliphatic carbocycles. The number of rotatable bonds is 1. The first-order valence-corrected chi connectivity index (χ1v) is 7.20. The normalized spacial score (nSPS) is 27.7. The minimum Gasteiger partial charge on any atom is -0.333 e. The highest BCUT2D eigenvalue weighted by molar-refractivity contribution is 5.95. The van der Waals surface area contributed by atoms with Crippen LogP contribution >= 0.6 is 0 Å². The highest BCUT2D eigenvalue weighted by Gasteiger charge is 2.51. The van der Waals surface area contributed by atoms with E-state index >= 15 is 0 Å². The zero-order valence-electron chi connectivity index (χ0n) is 12.2. The van der Waals surface area contributed by atoms with Crippen LogP contribution in [0.1, 0.15) is 29.8 Å². The van der Waals surface area contributed by atoms with Gasteiger partial charge in [0.25, 0.3) is 5.91 Å². The van der Waals surface area contributed by atoms with E-state index in [1.165, 1.54) is 0 Å². The molecular formula is C16H21FN2O. The van der Waals surface area contributed by atoms with Gasteiger partial charge in [-0.2, -0.15) is 0 Å². The van der Waals surface area contributed by atoms with Crippen molar-refractivity contribution in [3.63, 3.8) is 0 Å². The van der Waals surface area contributed by atoms with E-state index in [0.29, 0.717) is 17.4 Å². The fourth-order valence-corrected chi connectivity index (χ4v) is 3.72. The predicted octanol–water partition coefficient (Wildman–Crippen LogP) is 2.20. The number of halogens is 1. The topological polar surface area (TPSA) is 32.3 Å². The Morgan fingerprint density at radius 3 is 2.85 bits per heavy atom. The monoisotopic (exact) mass is 276 g/mol. The number of nitrogens with one attached hydrogen (secondary N) is 1. The molecule has 2 aliphatic heterocycles. The molecule has 2 fully saturated rings. The van der Waals surface area contributed by atoms with Crippen LogP contribution in [0.3, 0.4) is 0 Å². The molecule has 1 aromatic carbocycles. The van der Waals surface area contributed by atoms with Crippen molar-refractivity contribution in [3.8, 4) is 0 Å². The lowest BCUT2D eigenvalue weighted by molar-refractivity contribution is 0.0598. The molecule has 3 nitrogen and oxygen atoms in total. The largest absolute Gasteiger partial charge is 0.333 e. The molecule has 0 radical (unpaired) electrons. The quantitative estimate of drug-likeness (QED) is 0.853. The van der Waals surface area contributed by atoms with Gasteiger partial charge in [-0.05, 0) is 44.2 Å². The molecule has 2 unspecified atom stereocenters. The molecular weight excluding hydrogens is 255 g/mol. The van der Waals surface area contributed by atoms with Gasteiger partial charge >= 0.3 is 0 Å². The van der Waals surface area contributed by atoms with E-state index in [4.69, 9.17) is 0 Å². The summed E-state index contributed by atoms with van der Waals surface area (Å²) in [4.78, 5) is 14.6. The zero-order valence-corrected chi connectivity index (χ0v) is 12.2. The van der Waals surface area contributed by atoms with Crippen LogP contribution < -0.4 is 5.32 Å². The number of nitrogens with zero attached hydrogens (tertiary/aromatic N) is 1. The third kappa shape index (κ3) is 1.85. The predicted molar refractivity (Wildman–Crippen MR) is 76.1 cm³/mol. The van der Waals surface area contributed by atoms with Crippen molar-refractivity contribution < 1.29 is 9.18 Å². The summed E-state index contributed by atoms with van der Waals surface area (Å²) in [6.45, 7) is 8.50. The van der Waals surface area contributed by atoms with Gasteiger partial charge in [0.2, 0.25) is 0 Å². The molecule has 0 saturated carbocycles. The van der Waals surface area contributed by atoms with Gasteiger partial charge in [-0.25, -0.2) is 4.39 Å². The Kier molecular flexibility index (Phi) is 3.09. The number of hydrogen-bond acceptors (Lipinski definition) is 2. The number of carbonyl (C=O) groups excluding carboxylic acids is 1. The summed E-state index contributed by atoms with van der Waals surface area (Å²) in [6, 6.07) is 5.03. The van der Waals surface area contributed by atoms with Crippen LogP contribution in [0.5, 0.6) is 0 Å². The van der Waals surface area contributed by atoms with Crippen LogP contribution in [0.15, 0.2) is 18.2 Å². The molecule has 0 bridgehead atoms. The Morgan fingerprint density at radius 2 is 2.15 bits per heavy atom. The maximum absolute atomic E-state index is 14.2. The standard InChI is InChI=1S/C16H21FN2O/c1-10-5-4-6-12(14(10)17)15(20)19-9-11-7-18-8-13(11)16(19,2)3/h4-6,11,13,18H,7-9H2,1-3H3. The molecule has 1 aromatic rings. The first kappa shape index (κ1) is 13.6. The van der Waals surface area contributed by atoms with Crippen molar-refractivity contribution in [1.82, 2.24) is 10.2 Å². The molecule has 2 saturated heterocycles. The number of carbonyl (C=O) groups is 1. The summed E-state index contributed by atoms with van der Waals surface area (Å²) in [6.07, 6.45) is 0. The lowest BCUT2D eigenvalue weighted by Crippen LogP contribution is -2.47. The Bertz CT molecular complexity index is 555. The van der Waals surface area contributed by atoms with Crippen molar-refractivity contribution >= 4 is 5.91 Å². The summed E-state index contributed by atoms with van der Waals surface area (Å²) >= 11 is 0. The Balaban J connectivity index is 1.93. The number of likely N-dealkylation sites (tertiary alicyclic amines) is 1. The van der Waals surface area contributed by atoms with E-state index in [1.807, 2.05) is 4.90 Å². The minimum atomic E-state index is -0.386. The Labute approximate surface area is 119 Å². The van der Waals surface area contributed by atoms with Crippen LogP contribution in [0.4, 0.5) is 4.39 Å². The third-order valence-corrected chi connectivity index (χ3v) is 5.03. The first-order valence-electron chi connectivity index (χ1n) is 7.20. The van der Waals surface area contributed by atoms with Gasteiger partial charge < -0.3 is 10.2 Å². The zero-order chi connectivity index (χ0) is 14.5. The van der Waals surface area contributed by atoms with Gasteiger partial charge in [0, 0.05) is 25.2 Å². The highest BCUT2D eigenvalue weighted by atomic mass is 19.1. The second-order valence-electron chi connectivity index (χ2n) is 6.53. The number of hydrogen-bond donors (Lipinski definition) is 1. The average molecular weight is 276 g/mol. The van der Waals surface area contributed by atoms with E-state index in [1.54, 1.807) is 25.1 Å². The van der Waals surface area contributed by atoms with Crippen LogP contribution in [-0.2, 0) is 0 Å². The Hall–Kier alpha value is -1.42. The van der Waals surface area contributed by atoms with E-state index < -0.39 is 0 Å². The lowest BCUT2D eigenvalue weighted by Gasteiger charge is -2.35. The second-order valence-corrected chi connectivity index (χ2v) is 6.53. The summed E-state index contributed by atoms with van der Waals surface area (Å²) < 4.78 is 14.2. The van der Waals surface area contributed by atoms with Crippen molar-refractivity contribution in [2.45, 2.75) is 26.3 Å². The van der Waals surface area contributed by atoms with Gasteiger partial charge in [0.15, 0.2) is 0 Å². The molecule has 2 aliphatic rings. The molecule has 1 N–H and O–H groups in total. The molecule has 2 heterocycles. The summed E-state index contributed by atoms with van der Waals surface area (Å²) in [5.74, 6) is 0.384. The van der Waals surface area contributed by atoms with Gasteiger partial charge in [0.05, 0.1) is 5.56 Å². The number of aryl methyl sites for hydroxylation is 1. The van der Waals surface area contributed by atoms with Crippen LogP contribution in [0.2, 0.25) is 0 Å². The first-order chi connectivity index (χ1) is 9.43. The highest BCUT2D eigenvalue weighted by Crippen LogP contribution is 2.41. The summed E-state index contributed by atoms with van der Waals surface area (Å²) in [5, 5.41) is 3.39. The summed E-state index contributed by atoms with van der Waals surface area (Å²) in [7, 11) is 0. The van der Waals surface area contributed by atoms with Gasteiger partial charge in [-0.1, -0.05) is 12.1 Å². The minimum absolute atomic E-state index is 0.175. The van der Waals surface area contributed by atoms with Crippen molar-refractivity contribution in [3.05, 3.63) is 35.1 Å². The van der Waals surface area contributed by atoms with E-state index in [9.17, 15) is 9.18 Å². The molecule has 4 heteroatoms. The van der Waals surface area contributed by atoms with E-state index in [0.717, 1.165) is 19.6 Å². The van der Waals surface area contributed by atoms with Crippen molar-refractivity contribution in [2.75, 3.05) is 19.6 Å². The van der Waals surface area contributed by atoms with Crippen LogP contribution in [0.25, 0.3) is 0 Å². The van der Waals surface area contributed by atoms with Crippen LogP contribution in [-0.4, -0.2) is 36.0 Å². The summed E-state index contributed by atoms with van der Waals surface area (Å²) in [5.41, 5.74) is 0.502. The molecule has 108 valence electrons. The molecule has 20 heavy (non-hydrogen) atoms. The Morgan fingerprint density at radius 1 is 1.40 bits per heavy atom.